The first-order valence-corrected chi connectivity index (χ1v) is 7.69. The Morgan fingerprint density at radius 2 is 1.70 bits per heavy atom. The van der Waals surface area contributed by atoms with Crippen molar-refractivity contribution in [2.24, 2.45) is 0 Å². The molecule has 118 valence electrons. The van der Waals surface area contributed by atoms with Crippen LogP contribution in [0.25, 0.3) is 0 Å². The van der Waals surface area contributed by atoms with Crippen LogP contribution >= 0.6 is 0 Å². The van der Waals surface area contributed by atoms with Gasteiger partial charge < -0.3 is 9.31 Å². The molecule has 0 aliphatic carbocycles. The molecule has 2 heterocycles. The van der Waals surface area contributed by atoms with E-state index in [-0.39, 0.29) is 11.2 Å². The highest BCUT2D eigenvalue weighted by Gasteiger charge is 2.52. The molecule has 5 nitrogen and oxygen atoms in total. The van der Waals surface area contributed by atoms with Gasteiger partial charge in [-0.3, -0.25) is 4.68 Å². The highest BCUT2D eigenvalue weighted by atomic mass is 16.7. The first-order chi connectivity index (χ1) is 10.8. The Kier molecular flexibility index (Phi) is 3.79. The fourth-order valence-electron chi connectivity index (χ4n) is 2.50. The van der Waals surface area contributed by atoms with Gasteiger partial charge in [-0.15, -0.1) is 0 Å². The third kappa shape index (κ3) is 2.90. The summed E-state index contributed by atoms with van der Waals surface area (Å²) >= 11 is 0. The molecule has 0 atom stereocenters. The van der Waals surface area contributed by atoms with E-state index >= 15 is 0 Å². The predicted octanol–water partition coefficient (Wildman–Crippen LogP) is 2.10. The molecule has 0 N–H and O–H groups in total. The molecule has 1 aromatic carbocycles. The van der Waals surface area contributed by atoms with E-state index in [9.17, 15) is 0 Å². The quantitative estimate of drug-likeness (QED) is 0.815. The number of nitrogens with zero attached hydrogens (tertiary/aromatic N) is 3. The molecule has 0 spiro atoms. The van der Waals surface area contributed by atoms with Crippen molar-refractivity contribution >= 4 is 12.7 Å². The first-order valence-electron chi connectivity index (χ1n) is 7.69. The number of nitriles is 1. The van der Waals surface area contributed by atoms with Gasteiger partial charge in [0.15, 0.2) is 0 Å². The summed E-state index contributed by atoms with van der Waals surface area (Å²) in [6.07, 6.45) is 1.75. The Bertz CT molecular complexity index is 728. The summed E-state index contributed by atoms with van der Waals surface area (Å²) in [5.41, 5.74) is 1.88. The Morgan fingerprint density at radius 3 is 2.26 bits per heavy atom. The van der Waals surface area contributed by atoms with Crippen molar-refractivity contribution in [2.75, 3.05) is 0 Å². The summed E-state index contributed by atoms with van der Waals surface area (Å²) in [6.45, 7) is 8.75. The highest BCUT2D eigenvalue weighted by Crippen LogP contribution is 2.36. The maximum atomic E-state index is 8.87. The van der Waals surface area contributed by atoms with Crippen molar-refractivity contribution in [3.63, 3.8) is 0 Å². The molecular formula is C17H20BN3O2. The molecule has 1 saturated heterocycles. The molecule has 1 fully saturated rings. The van der Waals surface area contributed by atoms with E-state index in [2.05, 4.69) is 11.2 Å². The average Bonchev–Trinajstić information content (AvgIpc) is 3.02. The van der Waals surface area contributed by atoms with Crippen molar-refractivity contribution < 1.29 is 9.31 Å². The predicted molar refractivity (Wildman–Crippen MR) is 88.2 cm³/mol. The lowest BCUT2D eigenvalue weighted by Crippen LogP contribution is -2.41. The first kappa shape index (κ1) is 15.8. The van der Waals surface area contributed by atoms with E-state index in [1.807, 2.05) is 62.7 Å². The Hall–Kier alpha value is -2.10. The number of rotatable bonds is 3. The third-order valence-electron chi connectivity index (χ3n) is 4.66. The van der Waals surface area contributed by atoms with Crippen molar-refractivity contribution in [1.82, 2.24) is 9.78 Å². The monoisotopic (exact) mass is 309 g/mol. The molecular weight excluding hydrogens is 289 g/mol. The molecule has 0 amide bonds. The van der Waals surface area contributed by atoms with Crippen LogP contribution in [-0.4, -0.2) is 28.1 Å². The van der Waals surface area contributed by atoms with E-state index in [0.717, 1.165) is 11.2 Å². The second kappa shape index (κ2) is 5.52. The van der Waals surface area contributed by atoms with Gasteiger partial charge in [0.25, 0.3) is 0 Å². The van der Waals surface area contributed by atoms with Crippen LogP contribution < -0.4 is 5.59 Å². The van der Waals surface area contributed by atoms with Crippen LogP contribution in [0.4, 0.5) is 0 Å². The van der Waals surface area contributed by atoms with Gasteiger partial charge in [0, 0.05) is 6.20 Å². The van der Waals surface area contributed by atoms with E-state index in [1.54, 1.807) is 6.20 Å². The van der Waals surface area contributed by atoms with Crippen LogP contribution in [-0.2, 0) is 15.9 Å². The van der Waals surface area contributed by atoms with Gasteiger partial charge in [0.05, 0.1) is 35.0 Å². The lowest BCUT2D eigenvalue weighted by Gasteiger charge is -2.32. The van der Waals surface area contributed by atoms with E-state index < -0.39 is 7.12 Å². The Labute approximate surface area is 137 Å². The van der Waals surface area contributed by atoms with E-state index in [1.165, 1.54) is 0 Å². The minimum atomic E-state index is -0.430. The van der Waals surface area contributed by atoms with Gasteiger partial charge in [0.1, 0.15) is 0 Å². The standard InChI is InChI=1S/C17H20BN3O2/c1-16(2)17(3,4)23-18(22-16)15-9-10-20-21(15)12-14-7-5-13(11-19)6-8-14/h5-10H,12H2,1-4H3. The fourth-order valence-corrected chi connectivity index (χ4v) is 2.50. The molecule has 1 aliphatic heterocycles. The molecule has 0 bridgehead atoms. The molecule has 2 aromatic rings. The topological polar surface area (TPSA) is 60.1 Å². The molecule has 6 heteroatoms. The highest BCUT2D eigenvalue weighted by molar-refractivity contribution is 6.61. The van der Waals surface area contributed by atoms with Crippen LogP contribution in [0.2, 0.25) is 0 Å². The van der Waals surface area contributed by atoms with Gasteiger partial charge in [-0.1, -0.05) is 12.1 Å². The Morgan fingerprint density at radius 1 is 1.09 bits per heavy atom. The van der Waals surface area contributed by atoms with Gasteiger partial charge in [-0.05, 0) is 51.5 Å². The van der Waals surface area contributed by atoms with E-state index in [4.69, 9.17) is 14.6 Å². The van der Waals surface area contributed by atoms with Crippen molar-refractivity contribution in [1.29, 1.82) is 5.26 Å². The zero-order chi connectivity index (χ0) is 16.7. The molecule has 1 aliphatic rings. The zero-order valence-electron chi connectivity index (χ0n) is 13.9. The minimum absolute atomic E-state index is 0.374. The molecule has 0 saturated carbocycles. The summed E-state index contributed by atoms with van der Waals surface area (Å²) in [4.78, 5) is 0. The molecule has 23 heavy (non-hydrogen) atoms. The smallest absolute Gasteiger partial charge is 0.398 e. The number of benzene rings is 1. The lowest BCUT2D eigenvalue weighted by atomic mass is 9.84. The summed E-state index contributed by atoms with van der Waals surface area (Å²) < 4.78 is 14.1. The number of hydrogen-bond donors (Lipinski definition) is 0. The Balaban J connectivity index is 1.82. The summed E-state index contributed by atoms with van der Waals surface area (Å²) in [6, 6.07) is 11.6. The number of aromatic nitrogens is 2. The maximum Gasteiger partial charge on any atom is 0.514 e. The SMILES string of the molecule is CC1(C)OB(c2ccnn2Cc2ccc(C#N)cc2)OC1(C)C. The third-order valence-corrected chi connectivity index (χ3v) is 4.66. The lowest BCUT2D eigenvalue weighted by molar-refractivity contribution is 0.00578. The summed E-state index contributed by atoms with van der Waals surface area (Å²) in [7, 11) is -0.430. The van der Waals surface area contributed by atoms with Gasteiger partial charge in [0.2, 0.25) is 0 Å². The largest absolute Gasteiger partial charge is 0.514 e. The number of hydrogen-bond acceptors (Lipinski definition) is 4. The van der Waals surface area contributed by atoms with Crippen LogP contribution in [0.5, 0.6) is 0 Å². The summed E-state index contributed by atoms with van der Waals surface area (Å²) in [5.74, 6) is 0. The van der Waals surface area contributed by atoms with Crippen LogP contribution in [0, 0.1) is 11.3 Å². The average molecular weight is 309 g/mol. The van der Waals surface area contributed by atoms with Crippen molar-refractivity contribution in [3.05, 3.63) is 47.7 Å². The molecule has 0 unspecified atom stereocenters. The molecule has 0 radical (unpaired) electrons. The van der Waals surface area contributed by atoms with Gasteiger partial charge >= 0.3 is 7.12 Å². The van der Waals surface area contributed by atoms with Crippen LogP contribution in [0.3, 0.4) is 0 Å². The van der Waals surface area contributed by atoms with Gasteiger partial charge in [-0.25, -0.2) is 0 Å². The fraction of sp³-hybridized carbons (Fsp3) is 0.412. The van der Waals surface area contributed by atoms with Crippen molar-refractivity contribution in [3.8, 4) is 6.07 Å². The second-order valence-electron chi connectivity index (χ2n) is 6.81. The normalized spacial score (nSPS) is 18.8. The van der Waals surface area contributed by atoms with E-state index in [0.29, 0.717) is 12.1 Å². The minimum Gasteiger partial charge on any atom is -0.398 e. The zero-order valence-corrected chi connectivity index (χ0v) is 13.9. The van der Waals surface area contributed by atoms with Crippen molar-refractivity contribution in [2.45, 2.75) is 45.4 Å². The maximum absolute atomic E-state index is 8.87. The molecule has 1 aromatic heterocycles. The summed E-state index contributed by atoms with van der Waals surface area (Å²) in [5, 5.41) is 13.3. The van der Waals surface area contributed by atoms with Crippen LogP contribution in [0.15, 0.2) is 36.5 Å². The molecule has 3 rings (SSSR count). The second-order valence-corrected chi connectivity index (χ2v) is 6.81. The van der Waals surface area contributed by atoms with Gasteiger partial charge in [-0.2, -0.15) is 10.4 Å². The van der Waals surface area contributed by atoms with Crippen LogP contribution in [0.1, 0.15) is 38.8 Å².